The molecule has 0 radical (unpaired) electrons. The summed E-state index contributed by atoms with van der Waals surface area (Å²) in [5.41, 5.74) is 0.962. The summed E-state index contributed by atoms with van der Waals surface area (Å²) in [7, 11) is -3.22. The van der Waals surface area contributed by atoms with Crippen LogP contribution in [0.3, 0.4) is 0 Å². The van der Waals surface area contributed by atoms with Crippen molar-refractivity contribution in [2.45, 2.75) is 64.7 Å². The molecule has 1 atom stereocenters. The van der Waals surface area contributed by atoms with Gasteiger partial charge in [0.2, 0.25) is 10.0 Å². The normalized spacial score (nSPS) is 13.9. The average molecular weight is 372 g/mol. The number of hydrogen-bond acceptors (Lipinski definition) is 4. The fourth-order valence-corrected chi connectivity index (χ4v) is 2.86. The Labute approximate surface area is 153 Å². The Morgan fingerprint density at radius 1 is 1.04 bits per heavy atom. The molecule has 1 unspecified atom stereocenters. The van der Waals surface area contributed by atoms with Crippen molar-refractivity contribution in [3.8, 4) is 5.75 Å². The zero-order valence-corrected chi connectivity index (χ0v) is 17.2. The third kappa shape index (κ3) is 8.70. The van der Waals surface area contributed by atoms with Gasteiger partial charge in [-0.25, -0.2) is 13.1 Å². The van der Waals surface area contributed by atoms with E-state index in [0.29, 0.717) is 19.8 Å². The molecule has 25 heavy (non-hydrogen) atoms. The molecule has 0 aliphatic carbocycles. The van der Waals surface area contributed by atoms with Crippen molar-refractivity contribution in [2.75, 3.05) is 19.8 Å². The summed E-state index contributed by atoms with van der Waals surface area (Å²) in [5.74, 6) is 0.914. The fraction of sp³-hybridized carbons (Fsp3) is 0.684. The predicted molar refractivity (Wildman–Crippen MR) is 103 cm³/mol. The van der Waals surface area contributed by atoms with Crippen molar-refractivity contribution >= 4 is 10.0 Å². The van der Waals surface area contributed by atoms with Crippen LogP contribution in [0, 0.1) is 0 Å². The van der Waals surface area contributed by atoms with Crippen LogP contribution in [0.15, 0.2) is 24.3 Å². The smallest absolute Gasteiger partial charge is 0.213 e. The number of rotatable bonds is 10. The first kappa shape index (κ1) is 21.9. The second-order valence-corrected chi connectivity index (χ2v) is 9.90. The second kappa shape index (κ2) is 9.55. The molecule has 0 amide bonds. The lowest BCUT2D eigenvalue weighted by atomic mass is 10.0. The Morgan fingerprint density at radius 2 is 1.64 bits per heavy atom. The molecule has 0 bridgehead atoms. The van der Waals surface area contributed by atoms with Gasteiger partial charge in [0, 0.05) is 13.0 Å². The van der Waals surface area contributed by atoms with E-state index >= 15 is 0 Å². The molecule has 1 aromatic rings. The molecule has 0 heterocycles. The highest BCUT2D eigenvalue weighted by Gasteiger charge is 2.17. The first-order valence-electron chi connectivity index (χ1n) is 8.86. The Kier molecular flexibility index (Phi) is 8.38. The van der Waals surface area contributed by atoms with E-state index in [0.717, 1.165) is 17.7 Å². The van der Waals surface area contributed by atoms with Gasteiger partial charge >= 0.3 is 0 Å². The molecular formula is C19H33NO4S. The Hall–Kier alpha value is -1.11. The van der Waals surface area contributed by atoms with E-state index in [1.54, 1.807) is 13.8 Å². The lowest BCUT2D eigenvalue weighted by molar-refractivity contribution is -0.00769. The summed E-state index contributed by atoms with van der Waals surface area (Å²) in [4.78, 5) is 0. The molecule has 0 spiro atoms. The number of sulfonamides is 1. The van der Waals surface area contributed by atoms with Crippen molar-refractivity contribution < 1.29 is 17.9 Å². The van der Waals surface area contributed by atoms with Gasteiger partial charge in [0.1, 0.15) is 5.75 Å². The largest absolute Gasteiger partial charge is 0.494 e. The lowest BCUT2D eigenvalue weighted by Gasteiger charge is -2.19. The van der Waals surface area contributed by atoms with E-state index in [1.165, 1.54) is 0 Å². The summed E-state index contributed by atoms with van der Waals surface area (Å²) < 4.78 is 37.6. The van der Waals surface area contributed by atoms with Crippen LogP contribution in [0.4, 0.5) is 0 Å². The minimum atomic E-state index is -3.22. The maximum absolute atomic E-state index is 11.8. The Morgan fingerprint density at radius 3 is 2.16 bits per heavy atom. The predicted octanol–water partition coefficient (Wildman–Crippen LogP) is 3.70. The third-order valence-electron chi connectivity index (χ3n) is 3.75. The fourth-order valence-electron chi connectivity index (χ4n) is 2.05. The minimum absolute atomic E-state index is 0.0998. The van der Waals surface area contributed by atoms with Gasteiger partial charge < -0.3 is 9.47 Å². The van der Waals surface area contributed by atoms with Gasteiger partial charge in [-0.3, -0.25) is 0 Å². The molecule has 5 nitrogen and oxygen atoms in total. The quantitative estimate of drug-likeness (QED) is 0.637. The zero-order chi connectivity index (χ0) is 19.1. The summed E-state index contributed by atoms with van der Waals surface area (Å²) >= 11 is 0. The highest BCUT2D eigenvalue weighted by atomic mass is 32.2. The Bertz CT molecular complexity index is 603. The van der Waals surface area contributed by atoms with Gasteiger partial charge in [0.25, 0.3) is 0 Å². The number of benzene rings is 1. The summed E-state index contributed by atoms with van der Waals surface area (Å²) in [6.07, 6.45) is 0.840. The molecule has 1 N–H and O–H groups in total. The third-order valence-corrected chi connectivity index (χ3v) is 5.56. The van der Waals surface area contributed by atoms with Crippen LogP contribution in [-0.2, 0) is 14.8 Å². The lowest BCUT2D eigenvalue weighted by Crippen LogP contribution is -2.33. The maximum atomic E-state index is 11.8. The van der Waals surface area contributed by atoms with Crippen LogP contribution in [0.1, 0.15) is 59.4 Å². The van der Waals surface area contributed by atoms with Crippen molar-refractivity contribution in [1.29, 1.82) is 0 Å². The monoisotopic (exact) mass is 371 g/mol. The molecule has 1 aromatic carbocycles. The van der Waals surface area contributed by atoms with Crippen LogP contribution in [0.25, 0.3) is 0 Å². The topological polar surface area (TPSA) is 64.6 Å². The highest BCUT2D eigenvalue weighted by Crippen LogP contribution is 2.19. The molecular weight excluding hydrogens is 338 g/mol. The van der Waals surface area contributed by atoms with E-state index in [1.807, 2.05) is 52.0 Å². The van der Waals surface area contributed by atoms with Crippen molar-refractivity contribution in [1.82, 2.24) is 4.72 Å². The van der Waals surface area contributed by atoms with Crippen LogP contribution in [-0.4, -0.2) is 39.0 Å². The van der Waals surface area contributed by atoms with Gasteiger partial charge in [-0.1, -0.05) is 19.1 Å². The van der Waals surface area contributed by atoms with E-state index in [2.05, 4.69) is 4.72 Å². The minimum Gasteiger partial charge on any atom is -0.494 e. The molecule has 0 aliphatic rings. The van der Waals surface area contributed by atoms with Crippen LogP contribution in [0.5, 0.6) is 5.75 Å². The number of hydrogen-bond donors (Lipinski definition) is 1. The SMILES string of the molecule is CC(CNS(=O)(=O)C(C)C)c1ccc(OCCCOC(C)(C)C)cc1. The summed E-state index contributed by atoms with van der Waals surface area (Å²) in [6, 6.07) is 7.81. The van der Waals surface area contributed by atoms with Gasteiger partial charge in [-0.15, -0.1) is 0 Å². The molecule has 6 heteroatoms. The summed E-state index contributed by atoms with van der Waals surface area (Å²) in [6.45, 7) is 13.1. The van der Waals surface area contributed by atoms with Gasteiger partial charge in [-0.2, -0.15) is 0 Å². The van der Waals surface area contributed by atoms with Gasteiger partial charge in [0.05, 0.1) is 24.1 Å². The molecule has 0 saturated heterocycles. The van der Waals surface area contributed by atoms with E-state index in [9.17, 15) is 8.42 Å². The number of nitrogens with one attached hydrogen (secondary N) is 1. The number of ether oxygens (including phenoxy) is 2. The second-order valence-electron chi connectivity index (χ2n) is 7.58. The van der Waals surface area contributed by atoms with Crippen LogP contribution < -0.4 is 9.46 Å². The molecule has 0 aromatic heterocycles. The zero-order valence-electron chi connectivity index (χ0n) is 16.3. The standard InChI is InChI=1S/C19H33NO4S/c1-15(2)25(21,22)20-14-16(3)17-8-10-18(11-9-17)23-12-7-13-24-19(4,5)6/h8-11,15-16,20H,7,12-14H2,1-6H3. The highest BCUT2D eigenvalue weighted by molar-refractivity contribution is 7.90. The van der Waals surface area contributed by atoms with Crippen molar-refractivity contribution in [3.63, 3.8) is 0 Å². The van der Waals surface area contributed by atoms with E-state index in [4.69, 9.17) is 9.47 Å². The summed E-state index contributed by atoms with van der Waals surface area (Å²) in [5, 5.41) is -0.419. The molecule has 0 aliphatic heterocycles. The molecule has 0 fully saturated rings. The average Bonchev–Trinajstić information content (AvgIpc) is 2.51. The van der Waals surface area contributed by atoms with E-state index in [-0.39, 0.29) is 11.5 Å². The van der Waals surface area contributed by atoms with Gasteiger partial charge in [-0.05, 0) is 58.2 Å². The molecule has 0 saturated carbocycles. The van der Waals surface area contributed by atoms with E-state index < -0.39 is 15.3 Å². The maximum Gasteiger partial charge on any atom is 0.213 e. The molecule has 144 valence electrons. The van der Waals surface area contributed by atoms with Crippen molar-refractivity contribution in [3.05, 3.63) is 29.8 Å². The van der Waals surface area contributed by atoms with Crippen LogP contribution >= 0.6 is 0 Å². The van der Waals surface area contributed by atoms with Gasteiger partial charge in [0.15, 0.2) is 0 Å². The van der Waals surface area contributed by atoms with Crippen LogP contribution in [0.2, 0.25) is 0 Å². The first-order valence-corrected chi connectivity index (χ1v) is 10.4. The Balaban J connectivity index is 2.40. The van der Waals surface area contributed by atoms with Crippen molar-refractivity contribution in [2.24, 2.45) is 0 Å². The first-order chi connectivity index (χ1) is 11.5. The molecule has 1 rings (SSSR count).